The van der Waals surface area contributed by atoms with Crippen LogP contribution in [0.5, 0.6) is 0 Å². The quantitative estimate of drug-likeness (QED) is 0.753. The van der Waals surface area contributed by atoms with E-state index >= 15 is 0 Å². The summed E-state index contributed by atoms with van der Waals surface area (Å²) in [5.41, 5.74) is 2.91. The molecule has 0 atom stereocenters. The fourth-order valence-electron chi connectivity index (χ4n) is 2.29. The maximum Gasteiger partial charge on any atom is 0.321 e. The van der Waals surface area contributed by atoms with Gasteiger partial charge in [-0.25, -0.2) is 4.79 Å². The summed E-state index contributed by atoms with van der Waals surface area (Å²) in [5.74, 6) is 0.269. The SMILES string of the molecule is CC(C)Cc1cc(C(=O)NCc2cccc(NC(=O)N(C)C)c2)n[nH]1. The summed E-state index contributed by atoms with van der Waals surface area (Å²) in [6.07, 6.45) is 0.855. The Hall–Kier alpha value is -2.83. The van der Waals surface area contributed by atoms with E-state index in [0.717, 1.165) is 17.7 Å². The van der Waals surface area contributed by atoms with E-state index in [1.807, 2.05) is 18.2 Å². The minimum atomic E-state index is -0.228. The van der Waals surface area contributed by atoms with Crippen LogP contribution < -0.4 is 10.6 Å². The normalized spacial score (nSPS) is 10.6. The van der Waals surface area contributed by atoms with Crippen LogP contribution in [0.25, 0.3) is 0 Å². The monoisotopic (exact) mass is 343 g/mol. The molecule has 2 rings (SSSR count). The predicted molar refractivity (Wildman–Crippen MR) is 97.4 cm³/mol. The summed E-state index contributed by atoms with van der Waals surface area (Å²) in [7, 11) is 3.35. The topological polar surface area (TPSA) is 90.1 Å². The maximum atomic E-state index is 12.2. The summed E-state index contributed by atoms with van der Waals surface area (Å²) >= 11 is 0. The van der Waals surface area contributed by atoms with Crippen LogP contribution in [0, 0.1) is 5.92 Å². The third kappa shape index (κ3) is 5.63. The molecule has 7 nitrogen and oxygen atoms in total. The first-order valence-corrected chi connectivity index (χ1v) is 8.25. The molecule has 0 spiro atoms. The van der Waals surface area contributed by atoms with Gasteiger partial charge in [0.1, 0.15) is 5.69 Å². The largest absolute Gasteiger partial charge is 0.347 e. The Balaban J connectivity index is 1.93. The summed E-state index contributed by atoms with van der Waals surface area (Å²) in [4.78, 5) is 25.3. The first-order valence-electron chi connectivity index (χ1n) is 8.25. The molecule has 2 aromatic rings. The number of urea groups is 1. The van der Waals surface area contributed by atoms with Gasteiger partial charge in [-0.2, -0.15) is 5.10 Å². The molecule has 25 heavy (non-hydrogen) atoms. The van der Waals surface area contributed by atoms with Gasteiger partial charge < -0.3 is 15.5 Å². The van der Waals surface area contributed by atoms with Crippen molar-refractivity contribution in [2.75, 3.05) is 19.4 Å². The number of hydrogen-bond acceptors (Lipinski definition) is 3. The van der Waals surface area contributed by atoms with Crippen molar-refractivity contribution >= 4 is 17.6 Å². The standard InChI is InChI=1S/C18H25N5O2/c1-12(2)8-15-10-16(22-21-15)17(24)19-11-13-6-5-7-14(9-13)20-18(25)23(3)4/h5-7,9-10,12H,8,11H2,1-4H3,(H,19,24)(H,20,25)(H,21,22). The molecule has 0 radical (unpaired) electrons. The second kappa shape index (κ2) is 8.32. The van der Waals surface area contributed by atoms with Gasteiger partial charge in [-0.3, -0.25) is 9.89 Å². The van der Waals surface area contributed by atoms with Crippen LogP contribution in [0.3, 0.4) is 0 Å². The number of aromatic nitrogens is 2. The number of aromatic amines is 1. The molecule has 0 aliphatic carbocycles. The highest BCUT2D eigenvalue weighted by atomic mass is 16.2. The Morgan fingerprint density at radius 2 is 2.00 bits per heavy atom. The fourth-order valence-corrected chi connectivity index (χ4v) is 2.29. The number of benzene rings is 1. The Kier molecular flexibility index (Phi) is 6.16. The van der Waals surface area contributed by atoms with E-state index in [1.165, 1.54) is 4.90 Å². The molecule has 1 aromatic heterocycles. The summed E-state index contributed by atoms with van der Waals surface area (Å²) in [6, 6.07) is 8.94. The van der Waals surface area contributed by atoms with Crippen molar-refractivity contribution < 1.29 is 9.59 Å². The van der Waals surface area contributed by atoms with Crippen molar-refractivity contribution in [3.63, 3.8) is 0 Å². The number of anilines is 1. The highest BCUT2D eigenvalue weighted by molar-refractivity contribution is 5.92. The number of nitrogens with one attached hydrogen (secondary N) is 3. The molecule has 7 heteroatoms. The molecule has 0 saturated heterocycles. The lowest BCUT2D eigenvalue weighted by Crippen LogP contribution is -2.27. The van der Waals surface area contributed by atoms with Crippen LogP contribution in [-0.4, -0.2) is 41.1 Å². The molecule has 0 aliphatic heterocycles. The smallest absolute Gasteiger partial charge is 0.321 e. The van der Waals surface area contributed by atoms with Gasteiger partial charge >= 0.3 is 6.03 Å². The molecule has 0 saturated carbocycles. The average Bonchev–Trinajstić information content (AvgIpc) is 3.00. The van der Waals surface area contributed by atoms with Crippen molar-refractivity contribution in [2.24, 2.45) is 5.92 Å². The van der Waals surface area contributed by atoms with Crippen molar-refractivity contribution in [3.8, 4) is 0 Å². The molecule has 0 aliphatic rings. The van der Waals surface area contributed by atoms with E-state index in [0.29, 0.717) is 23.8 Å². The first kappa shape index (κ1) is 18.5. The van der Waals surface area contributed by atoms with Crippen LogP contribution in [0.2, 0.25) is 0 Å². The third-order valence-corrected chi connectivity index (χ3v) is 3.53. The zero-order chi connectivity index (χ0) is 18.4. The van der Waals surface area contributed by atoms with E-state index in [2.05, 4.69) is 34.7 Å². The molecular weight excluding hydrogens is 318 g/mol. The molecule has 0 bridgehead atoms. The number of nitrogens with zero attached hydrogens (tertiary/aromatic N) is 2. The van der Waals surface area contributed by atoms with Gasteiger partial charge in [0.15, 0.2) is 0 Å². The van der Waals surface area contributed by atoms with E-state index < -0.39 is 0 Å². The average molecular weight is 343 g/mol. The van der Waals surface area contributed by atoms with Crippen molar-refractivity contribution in [1.82, 2.24) is 20.4 Å². The molecule has 1 heterocycles. The second-order valence-corrected chi connectivity index (χ2v) is 6.58. The Bertz CT molecular complexity index is 737. The maximum absolute atomic E-state index is 12.2. The van der Waals surface area contributed by atoms with E-state index in [1.54, 1.807) is 26.2 Å². The van der Waals surface area contributed by atoms with Crippen molar-refractivity contribution in [1.29, 1.82) is 0 Å². The number of carbonyl (C=O) groups is 2. The van der Waals surface area contributed by atoms with Crippen LogP contribution in [0.4, 0.5) is 10.5 Å². The van der Waals surface area contributed by atoms with Gasteiger partial charge in [0, 0.05) is 32.0 Å². The van der Waals surface area contributed by atoms with Crippen LogP contribution in [-0.2, 0) is 13.0 Å². The Labute approximate surface area is 147 Å². The van der Waals surface area contributed by atoms with Gasteiger partial charge in [-0.15, -0.1) is 0 Å². The highest BCUT2D eigenvalue weighted by Gasteiger charge is 2.11. The van der Waals surface area contributed by atoms with Crippen molar-refractivity contribution in [2.45, 2.75) is 26.8 Å². The lowest BCUT2D eigenvalue weighted by Gasteiger charge is -2.12. The summed E-state index contributed by atoms with van der Waals surface area (Å²) in [6.45, 7) is 4.59. The Morgan fingerprint density at radius 3 is 2.68 bits per heavy atom. The van der Waals surface area contributed by atoms with Gasteiger partial charge in [0.2, 0.25) is 0 Å². The second-order valence-electron chi connectivity index (χ2n) is 6.58. The lowest BCUT2D eigenvalue weighted by atomic mass is 10.1. The van der Waals surface area contributed by atoms with Gasteiger partial charge in [-0.05, 0) is 36.1 Å². The molecule has 0 fully saturated rings. The molecule has 134 valence electrons. The van der Waals surface area contributed by atoms with Gasteiger partial charge in [0.25, 0.3) is 5.91 Å². The number of amides is 3. The zero-order valence-corrected chi connectivity index (χ0v) is 15.1. The first-order chi connectivity index (χ1) is 11.8. The highest BCUT2D eigenvalue weighted by Crippen LogP contribution is 2.12. The van der Waals surface area contributed by atoms with Gasteiger partial charge in [0.05, 0.1) is 0 Å². The number of carbonyl (C=O) groups excluding carboxylic acids is 2. The molecule has 3 amide bonds. The number of rotatable bonds is 6. The van der Waals surface area contributed by atoms with Crippen LogP contribution >= 0.6 is 0 Å². The number of H-pyrrole nitrogens is 1. The van der Waals surface area contributed by atoms with Crippen LogP contribution in [0.1, 0.15) is 35.6 Å². The summed E-state index contributed by atoms with van der Waals surface area (Å²) in [5, 5.41) is 12.6. The van der Waals surface area contributed by atoms with E-state index in [-0.39, 0.29) is 11.9 Å². The minimum absolute atomic E-state index is 0.199. The van der Waals surface area contributed by atoms with Crippen LogP contribution in [0.15, 0.2) is 30.3 Å². The zero-order valence-electron chi connectivity index (χ0n) is 15.1. The van der Waals surface area contributed by atoms with E-state index in [4.69, 9.17) is 0 Å². The predicted octanol–water partition coefficient (Wildman–Crippen LogP) is 2.63. The van der Waals surface area contributed by atoms with Gasteiger partial charge in [-0.1, -0.05) is 26.0 Å². The fraction of sp³-hybridized carbons (Fsp3) is 0.389. The molecular formula is C18H25N5O2. The van der Waals surface area contributed by atoms with Crippen molar-refractivity contribution in [3.05, 3.63) is 47.3 Å². The summed E-state index contributed by atoms with van der Waals surface area (Å²) < 4.78 is 0. The minimum Gasteiger partial charge on any atom is -0.347 e. The number of hydrogen-bond donors (Lipinski definition) is 3. The third-order valence-electron chi connectivity index (χ3n) is 3.53. The van der Waals surface area contributed by atoms with E-state index in [9.17, 15) is 9.59 Å². The molecule has 1 aromatic carbocycles. The molecule has 3 N–H and O–H groups in total. The molecule has 0 unspecified atom stereocenters. The Morgan fingerprint density at radius 1 is 1.24 bits per heavy atom. The lowest BCUT2D eigenvalue weighted by molar-refractivity contribution is 0.0946.